The molecule has 6 rings (SSSR count). The molecule has 37 heavy (non-hydrogen) atoms. The van der Waals surface area contributed by atoms with Crippen LogP contribution in [0.15, 0.2) is 76.8 Å². The quantitative estimate of drug-likeness (QED) is 0.373. The minimum absolute atomic E-state index is 0.00996. The zero-order chi connectivity index (χ0) is 25.6. The number of thiazole rings is 1. The summed E-state index contributed by atoms with van der Waals surface area (Å²) < 4.78 is 63.3. The zero-order valence-corrected chi connectivity index (χ0v) is 21.1. The molecule has 0 radical (unpaired) electrons. The van der Waals surface area contributed by atoms with Crippen molar-refractivity contribution in [3.63, 3.8) is 0 Å². The molecular weight excluding hydrogens is 518 g/mol. The van der Waals surface area contributed by atoms with Gasteiger partial charge in [-0.3, -0.25) is 5.10 Å². The molecule has 2 aromatic heterocycles. The van der Waals surface area contributed by atoms with Crippen LogP contribution in [0.25, 0.3) is 6.08 Å². The third-order valence-corrected chi connectivity index (χ3v) is 9.66. The Morgan fingerprint density at radius 3 is 2.54 bits per heavy atom. The number of rotatable bonds is 6. The lowest BCUT2D eigenvalue weighted by Gasteiger charge is -2.51. The van der Waals surface area contributed by atoms with Crippen molar-refractivity contribution in [1.29, 1.82) is 0 Å². The lowest BCUT2D eigenvalue weighted by Crippen LogP contribution is -2.54. The maximum atomic E-state index is 14.0. The number of sulfonamides is 1. The second kappa shape index (κ2) is 9.16. The predicted molar refractivity (Wildman–Crippen MR) is 134 cm³/mol. The van der Waals surface area contributed by atoms with Crippen molar-refractivity contribution in [3.8, 4) is 5.19 Å². The van der Waals surface area contributed by atoms with Gasteiger partial charge in [-0.25, -0.2) is 22.2 Å². The van der Waals surface area contributed by atoms with Crippen LogP contribution in [-0.4, -0.2) is 41.1 Å². The summed E-state index contributed by atoms with van der Waals surface area (Å²) in [4.78, 5) is 4.23. The van der Waals surface area contributed by atoms with Crippen LogP contribution in [0.1, 0.15) is 29.3 Å². The summed E-state index contributed by atoms with van der Waals surface area (Å²) in [6.45, 7) is 0.338. The van der Waals surface area contributed by atoms with Crippen LogP contribution in [0.2, 0.25) is 0 Å². The van der Waals surface area contributed by atoms with Gasteiger partial charge in [0.1, 0.15) is 18.2 Å². The largest absolute Gasteiger partial charge is 0.469 e. The highest BCUT2D eigenvalue weighted by Crippen LogP contribution is 2.55. The summed E-state index contributed by atoms with van der Waals surface area (Å²) in [5, 5.41) is 9.50. The number of hydrogen-bond acceptors (Lipinski definition) is 6. The fourth-order valence-corrected chi connectivity index (χ4v) is 7.58. The Kier molecular flexibility index (Phi) is 5.93. The van der Waals surface area contributed by atoms with Crippen LogP contribution in [0.5, 0.6) is 5.19 Å². The number of aromatic nitrogens is 3. The first-order valence-corrected chi connectivity index (χ1v) is 14.0. The molecule has 2 aliphatic rings. The highest BCUT2D eigenvalue weighted by Gasteiger charge is 2.54. The number of hydrogen-bond donors (Lipinski definition) is 1. The molecule has 1 N–H and O–H groups in total. The predicted octanol–water partition coefficient (Wildman–Crippen LogP) is 4.99. The molecule has 3 heterocycles. The fourth-order valence-electron chi connectivity index (χ4n) is 5.41. The molecule has 0 bridgehead atoms. The van der Waals surface area contributed by atoms with E-state index in [2.05, 4.69) is 15.2 Å². The number of benzene rings is 2. The molecule has 190 valence electrons. The van der Waals surface area contributed by atoms with Gasteiger partial charge >= 0.3 is 0 Å². The standard InChI is InChI=1S/C26H22F2N4O3S2/c27-20-3-1-17(2-4-20)24-26(16-35-25-29-10-12-36-25)14-18-15-30-31-23(18)13-19(26)9-11-32(24)37(33,34)22-7-5-21(28)6-8-22/h1-8,10,12-13,15,24H,9,11,14,16H2,(H,30,31)/t24-,26?/m1/s1. The molecule has 0 spiro atoms. The monoisotopic (exact) mass is 540 g/mol. The Balaban J connectivity index is 1.53. The van der Waals surface area contributed by atoms with Crippen LogP contribution in [-0.2, 0) is 16.4 Å². The van der Waals surface area contributed by atoms with E-state index in [-0.39, 0.29) is 18.0 Å². The molecule has 4 aromatic rings. The molecule has 2 aromatic carbocycles. The smallest absolute Gasteiger partial charge is 0.273 e. The summed E-state index contributed by atoms with van der Waals surface area (Å²) in [6, 6.07) is 9.97. The van der Waals surface area contributed by atoms with E-state index in [0.29, 0.717) is 23.6 Å². The summed E-state index contributed by atoms with van der Waals surface area (Å²) >= 11 is 1.35. The Morgan fingerprint density at radius 2 is 1.84 bits per heavy atom. The van der Waals surface area contributed by atoms with Crippen molar-refractivity contribution < 1.29 is 21.9 Å². The molecule has 0 saturated carbocycles. The van der Waals surface area contributed by atoms with Crippen molar-refractivity contribution in [1.82, 2.24) is 19.5 Å². The van der Waals surface area contributed by atoms with Gasteiger partial charge < -0.3 is 4.74 Å². The molecule has 2 atom stereocenters. The summed E-state index contributed by atoms with van der Waals surface area (Å²) in [5.41, 5.74) is 2.63. The first kappa shape index (κ1) is 24.0. The van der Waals surface area contributed by atoms with Gasteiger partial charge in [0.2, 0.25) is 10.0 Å². The van der Waals surface area contributed by atoms with Gasteiger partial charge in [0.15, 0.2) is 0 Å². The first-order chi connectivity index (χ1) is 17.9. The van der Waals surface area contributed by atoms with E-state index in [1.165, 1.54) is 39.9 Å². The topological polar surface area (TPSA) is 88.2 Å². The maximum absolute atomic E-state index is 14.0. The van der Waals surface area contributed by atoms with E-state index in [0.717, 1.165) is 29.0 Å². The average Bonchev–Trinajstić information content (AvgIpc) is 3.58. The minimum atomic E-state index is -4.06. The number of aromatic amines is 1. The van der Waals surface area contributed by atoms with Crippen molar-refractivity contribution in [3.05, 3.63) is 100 Å². The summed E-state index contributed by atoms with van der Waals surface area (Å²) in [5.74, 6) is -0.942. The Hall–Kier alpha value is -3.41. The molecule has 11 heteroatoms. The van der Waals surface area contributed by atoms with Crippen molar-refractivity contribution in [2.24, 2.45) is 5.41 Å². The molecule has 1 unspecified atom stereocenters. The number of ether oxygens (including phenoxy) is 1. The third-order valence-electron chi connectivity index (χ3n) is 7.10. The van der Waals surface area contributed by atoms with Gasteiger partial charge in [0.05, 0.1) is 28.2 Å². The molecule has 0 amide bonds. The fraction of sp³-hybridized carbons (Fsp3) is 0.231. The molecule has 1 saturated heterocycles. The number of piperidine rings is 1. The van der Waals surface area contributed by atoms with Gasteiger partial charge in [-0.05, 0) is 66.4 Å². The van der Waals surface area contributed by atoms with Gasteiger partial charge in [-0.1, -0.05) is 29.0 Å². The Bertz CT molecular complexity index is 1550. The van der Waals surface area contributed by atoms with Crippen molar-refractivity contribution in [2.45, 2.75) is 23.8 Å². The normalized spacial score (nSPS) is 21.7. The second-order valence-corrected chi connectivity index (χ2v) is 11.9. The van der Waals surface area contributed by atoms with Gasteiger partial charge in [0.25, 0.3) is 5.19 Å². The summed E-state index contributed by atoms with van der Waals surface area (Å²) in [6.07, 6.45) is 6.32. The van der Waals surface area contributed by atoms with Crippen LogP contribution >= 0.6 is 11.3 Å². The lowest BCUT2D eigenvalue weighted by atomic mass is 9.63. The number of halogens is 2. The molecule has 7 nitrogen and oxygen atoms in total. The highest BCUT2D eigenvalue weighted by molar-refractivity contribution is 7.89. The minimum Gasteiger partial charge on any atom is -0.469 e. The summed E-state index contributed by atoms with van der Waals surface area (Å²) in [7, 11) is -4.06. The van der Waals surface area contributed by atoms with E-state index in [4.69, 9.17) is 4.74 Å². The van der Waals surface area contributed by atoms with E-state index in [9.17, 15) is 17.2 Å². The number of nitrogens with zero attached hydrogens (tertiary/aromatic N) is 3. The van der Waals surface area contributed by atoms with Gasteiger partial charge in [-0.2, -0.15) is 9.40 Å². The Morgan fingerprint density at radius 1 is 1.11 bits per heavy atom. The molecule has 1 aliphatic heterocycles. The Labute approximate surface area is 216 Å². The highest BCUT2D eigenvalue weighted by atomic mass is 32.2. The number of H-pyrrole nitrogens is 1. The maximum Gasteiger partial charge on any atom is 0.273 e. The zero-order valence-electron chi connectivity index (χ0n) is 19.5. The molecule has 1 aliphatic carbocycles. The van der Waals surface area contributed by atoms with Crippen LogP contribution in [0.4, 0.5) is 8.78 Å². The van der Waals surface area contributed by atoms with Crippen LogP contribution in [0, 0.1) is 17.0 Å². The average molecular weight is 541 g/mol. The molecular formula is C26H22F2N4O3S2. The number of nitrogens with one attached hydrogen (secondary N) is 1. The van der Waals surface area contributed by atoms with Gasteiger partial charge in [-0.15, -0.1) is 0 Å². The van der Waals surface area contributed by atoms with Crippen molar-refractivity contribution >= 4 is 27.4 Å². The van der Waals surface area contributed by atoms with Crippen LogP contribution in [0.3, 0.4) is 0 Å². The van der Waals surface area contributed by atoms with Crippen LogP contribution < -0.4 is 4.74 Å². The second-order valence-electron chi connectivity index (χ2n) is 9.17. The van der Waals surface area contributed by atoms with E-state index in [1.54, 1.807) is 24.5 Å². The van der Waals surface area contributed by atoms with Gasteiger partial charge in [0, 0.05) is 18.1 Å². The number of fused-ring (bicyclic) bond motifs is 2. The SMILES string of the molecule is O=S(=O)(c1ccc(F)cc1)N1CCC2=Cc3[nH]ncc3CC2(COc2nccs2)[C@H]1c1ccc(F)cc1. The lowest BCUT2D eigenvalue weighted by molar-refractivity contribution is 0.0645. The first-order valence-electron chi connectivity index (χ1n) is 11.7. The van der Waals surface area contributed by atoms with E-state index >= 15 is 0 Å². The molecule has 1 fully saturated rings. The third kappa shape index (κ3) is 4.16. The van der Waals surface area contributed by atoms with E-state index < -0.39 is 33.1 Å². The van der Waals surface area contributed by atoms with E-state index in [1.807, 2.05) is 11.5 Å². The van der Waals surface area contributed by atoms with Crippen molar-refractivity contribution in [2.75, 3.05) is 13.2 Å².